The first-order chi connectivity index (χ1) is 14.0. The van der Waals surface area contributed by atoms with Gasteiger partial charge in [0.15, 0.2) is 21.0 Å². The molecule has 4 rings (SSSR count). The van der Waals surface area contributed by atoms with E-state index in [1.807, 2.05) is 18.2 Å². The van der Waals surface area contributed by atoms with Crippen LogP contribution in [0.4, 0.5) is 11.5 Å². The number of carbonyl (C=O) groups is 1. The summed E-state index contributed by atoms with van der Waals surface area (Å²) in [4.78, 5) is 21.3. The van der Waals surface area contributed by atoms with Crippen LogP contribution in [0.25, 0.3) is 10.9 Å². The monoisotopic (exact) mass is 508 g/mol. The van der Waals surface area contributed by atoms with Gasteiger partial charge in [-0.2, -0.15) is 0 Å². The molecule has 2 aromatic heterocycles. The zero-order valence-electron chi connectivity index (χ0n) is 16.1. The molecule has 0 atom stereocenters. The number of piperazine rings is 1. The maximum absolute atomic E-state index is 12.6. The van der Waals surface area contributed by atoms with Crippen molar-refractivity contribution >= 4 is 50.9 Å². The second-order valence-electron chi connectivity index (χ2n) is 6.68. The molecular weight excluding hydrogens is 487 g/mol. The molecule has 0 spiro atoms. The van der Waals surface area contributed by atoms with Gasteiger partial charge >= 0.3 is 0 Å². The third-order valence-corrected chi connectivity index (χ3v) is 5.59. The van der Waals surface area contributed by atoms with Crippen molar-refractivity contribution in [1.29, 1.82) is 0 Å². The lowest BCUT2D eigenvalue weighted by atomic mass is 10.1. The molecule has 0 aliphatic carbocycles. The summed E-state index contributed by atoms with van der Waals surface area (Å²) in [6, 6.07) is 9.02. The average molecular weight is 508 g/mol. The molecule has 2 N–H and O–H groups in total. The first-order valence-electron chi connectivity index (χ1n) is 9.12. The summed E-state index contributed by atoms with van der Waals surface area (Å²) in [6.45, 7) is 2.49. The molecular formula is C20H21IN4O4. The van der Waals surface area contributed by atoms with Crippen molar-refractivity contribution in [2.45, 2.75) is 0 Å². The van der Waals surface area contributed by atoms with Gasteiger partial charge in [-0.15, -0.1) is 0 Å². The van der Waals surface area contributed by atoms with Crippen LogP contribution in [0.3, 0.4) is 0 Å². The van der Waals surface area contributed by atoms with E-state index >= 15 is 0 Å². The molecule has 3 heterocycles. The van der Waals surface area contributed by atoms with Gasteiger partial charge in [0, 0.05) is 49.4 Å². The highest BCUT2D eigenvalue weighted by Gasteiger charge is 2.25. The Bertz CT molecular complexity index is 1060. The number of hydrogen-bond donors (Lipinski definition) is 1. The Kier molecular flexibility index (Phi) is 5.39. The van der Waals surface area contributed by atoms with E-state index in [0.29, 0.717) is 52.9 Å². The molecule has 29 heavy (non-hydrogen) atoms. The molecule has 0 unspecified atom stereocenters. The van der Waals surface area contributed by atoms with Crippen LogP contribution in [-0.4, -0.2) is 56.2 Å². The van der Waals surface area contributed by atoms with Crippen LogP contribution in [0.2, 0.25) is 0 Å². The van der Waals surface area contributed by atoms with E-state index in [4.69, 9.17) is 24.6 Å². The molecule has 9 heteroatoms. The molecule has 0 radical (unpaired) electrons. The van der Waals surface area contributed by atoms with Crippen LogP contribution in [-0.2, 0) is 0 Å². The Balaban J connectivity index is 1.54. The summed E-state index contributed by atoms with van der Waals surface area (Å²) in [6.07, 6.45) is 0. The number of nitrogen functional groups attached to an aromatic ring is 1. The van der Waals surface area contributed by atoms with E-state index in [2.05, 4.69) is 27.5 Å². The van der Waals surface area contributed by atoms with Crippen molar-refractivity contribution in [2.24, 2.45) is 0 Å². The summed E-state index contributed by atoms with van der Waals surface area (Å²) >= 11 is 2.05. The lowest BCUT2D eigenvalue weighted by molar-refractivity contribution is 0.0713. The number of anilines is 2. The maximum atomic E-state index is 12.6. The maximum Gasteiger partial charge on any atom is 0.289 e. The van der Waals surface area contributed by atoms with Gasteiger partial charge < -0.3 is 29.4 Å². The van der Waals surface area contributed by atoms with Crippen molar-refractivity contribution in [3.63, 3.8) is 0 Å². The van der Waals surface area contributed by atoms with Crippen molar-refractivity contribution < 1.29 is 18.7 Å². The number of benzene rings is 1. The number of pyridine rings is 1. The van der Waals surface area contributed by atoms with Gasteiger partial charge in [-0.1, -0.05) is 0 Å². The van der Waals surface area contributed by atoms with Crippen LogP contribution < -0.4 is 20.1 Å². The third kappa shape index (κ3) is 3.78. The predicted octanol–water partition coefficient (Wildman–Crippen LogP) is 2.99. The number of aromatic nitrogens is 1. The normalized spacial score (nSPS) is 14.3. The van der Waals surface area contributed by atoms with Gasteiger partial charge in [-0.05, 0) is 40.8 Å². The Hall–Kier alpha value is -2.69. The average Bonchev–Trinajstić information content (AvgIpc) is 3.18. The number of carbonyl (C=O) groups excluding carboxylic acids is 1. The molecule has 152 valence electrons. The molecule has 3 aromatic rings. The van der Waals surface area contributed by atoms with E-state index in [9.17, 15) is 4.79 Å². The number of fused-ring (bicyclic) bond motifs is 1. The highest BCUT2D eigenvalue weighted by molar-refractivity contribution is 14.1. The highest BCUT2D eigenvalue weighted by atomic mass is 127. The lowest BCUT2D eigenvalue weighted by Crippen LogP contribution is -2.49. The summed E-state index contributed by atoms with van der Waals surface area (Å²) in [7, 11) is 3.18. The van der Waals surface area contributed by atoms with E-state index < -0.39 is 0 Å². The Morgan fingerprint density at radius 3 is 2.41 bits per heavy atom. The topological polar surface area (TPSA) is 94.1 Å². The lowest BCUT2D eigenvalue weighted by Gasteiger charge is -2.35. The van der Waals surface area contributed by atoms with Crippen molar-refractivity contribution in [1.82, 2.24) is 9.88 Å². The zero-order valence-corrected chi connectivity index (χ0v) is 18.3. The SMILES string of the molecule is COc1cc2nc(N3CCN(C(=O)c4ccc(I)o4)CC3)cc(N)c2cc1OC. The number of ether oxygens (including phenoxy) is 2. The fourth-order valence-electron chi connectivity index (χ4n) is 3.45. The first-order valence-corrected chi connectivity index (χ1v) is 10.2. The molecule has 1 aliphatic rings. The highest BCUT2D eigenvalue weighted by Crippen LogP contribution is 2.35. The first kappa shape index (κ1) is 19.6. The number of halogens is 1. The molecule has 8 nitrogen and oxygen atoms in total. The zero-order chi connectivity index (χ0) is 20.5. The van der Waals surface area contributed by atoms with Crippen molar-refractivity contribution in [2.75, 3.05) is 51.0 Å². The number of furan rings is 1. The minimum absolute atomic E-state index is 0.0876. The fraction of sp³-hybridized carbons (Fsp3) is 0.300. The minimum Gasteiger partial charge on any atom is -0.493 e. The molecule has 1 amide bonds. The fourth-order valence-corrected chi connectivity index (χ4v) is 3.87. The summed E-state index contributed by atoms with van der Waals surface area (Å²) in [5.74, 6) is 2.28. The van der Waals surface area contributed by atoms with E-state index in [0.717, 1.165) is 16.7 Å². The van der Waals surface area contributed by atoms with E-state index in [1.54, 1.807) is 31.3 Å². The Morgan fingerprint density at radius 1 is 1.10 bits per heavy atom. The van der Waals surface area contributed by atoms with Crippen LogP contribution >= 0.6 is 22.6 Å². The number of rotatable bonds is 4. The Morgan fingerprint density at radius 2 is 1.79 bits per heavy atom. The minimum atomic E-state index is -0.0876. The van der Waals surface area contributed by atoms with Gasteiger partial charge in [0.25, 0.3) is 5.91 Å². The second-order valence-corrected chi connectivity index (χ2v) is 7.74. The predicted molar refractivity (Wildman–Crippen MR) is 119 cm³/mol. The van der Waals surface area contributed by atoms with Crippen LogP contribution in [0.15, 0.2) is 34.7 Å². The van der Waals surface area contributed by atoms with E-state index in [1.165, 1.54) is 0 Å². The molecule has 1 saturated heterocycles. The molecule has 1 aliphatic heterocycles. The van der Waals surface area contributed by atoms with Crippen LogP contribution in [0.5, 0.6) is 11.5 Å². The molecule has 0 bridgehead atoms. The molecule has 0 saturated carbocycles. The molecule has 1 aromatic carbocycles. The van der Waals surface area contributed by atoms with Gasteiger partial charge in [0.2, 0.25) is 0 Å². The largest absolute Gasteiger partial charge is 0.493 e. The summed E-state index contributed by atoms with van der Waals surface area (Å²) in [5, 5.41) is 0.813. The number of amides is 1. The van der Waals surface area contributed by atoms with Crippen molar-refractivity contribution in [3.8, 4) is 11.5 Å². The number of nitrogens with zero attached hydrogens (tertiary/aromatic N) is 3. The third-order valence-electron chi connectivity index (χ3n) is 5.01. The van der Waals surface area contributed by atoms with Gasteiger partial charge in [-0.3, -0.25) is 4.79 Å². The summed E-state index contributed by atoms with van der Waals surface area (Å²) < 4.78 is 16.9. The van der Waals surface area contributed by atoms with Gasteiger partial charge in [0.1, 0.15) is 5.82 Å². The number of nitrogens with two attached hydrogens (primary N) is 1. The number of methoxy groups -OCH3 is 2. The molecule has 1 fully saturated rings. The van der Waals surface area contributed by atoms with Gasteiger partial charge in [-0.25, -0.2) is 4.98 Å². The standard InChI is InChI=1S/C20H21IN4O4/c1-27-16-9-12-13(22)10-19(23-14(12)11-17(16)28-2)24-5-7-25(8-6-24)20(26)15-3-4-18(21)29-15/h3-4,9-11H,5-8H2,1-2H3,(H2,22,23). The Labute approximate surface area is 181 Å². The van der Waals surface area contributed by atoms with Crippen LogP contribution in [0, 0.1) is 3.77 Å². The van der Waals surface area contributed by atoms with Crippen molar-refractivity contribution in [3.05, 3.63) is 39.9 Å². The van der Waals surface area contributed by atoms with Crippen LogP contribution in [0.1, 0.15) is 10.6 Å². The van der Waals surface area contributed by atoms with Gasteiger partial charge in [0.05, 0.1) is 19.7 Å². The second kappa shape index (κ2) is 7.97. The number of hydrogen-bond acceptors (Lipinski definition) is 7. The van der Waals surface area contributed by atoms with E-state index in [-0.39, 0.29) is 5.91 Å². The summed E-state index contributed by atoms with van der Waals surface area (Å²) in [5.41, 5.74) is 7.65. The quantitative estimate of drug-likeness (QED) is 0.542. The smallest absolute Gasteiger partial charge is 0.289 e.